The van der Waals surface area contributed by atoms with Crippen LogP contribution in [0.25, 0.3) is 0 Å². The van der Waals surface area contributed by atoms with E-state index in [0.29, 0.717) is 11.8 Å². The number of hydrogen-bond acceptors (Lipinski definition) is 3. The molecule has 0 amide bonds. The summed E-state index contributed by atoms with van der Waals surface area (Å²) < 4.78 is 18.7. The van der Waals surface area contributed by atoms with Crippen LogP contribution in [-0.4, -0.2) is 12.1 Å². The van der Waals surface area contributed by atoms with Crippen LogP contribution >= 0.6 is 0 Å². The molecule has 2 aliphatic carbocycles. The lowest BCUT2D eigenvalue weighted by Gasteiger charge is -2.31. The molecule has 0 N–H and O–H groups in total. The molecule has 0 spiro atoms. The number of carbonyl (C=O) groups is 1. The predicted octanol–water partition coefficient (Wildman–Crippen LogP) is 6.56. The highest BCUT2D eigenvalue weighted by atomic mass is 19.1. The number of benzene rings is 1. The van der Waals surface area contributed by atoms with Crippen molar-refractivity contribution in [2.75, 3.05) is 0 Å². The second-order valence-electron chi connectivity index (χ2n) is 8.63. The minimum absolute atomic E-state index is 0.0136. The Hall–Kier alpha value is -2.41. The highest BCUT2D eigenvalue weighted by Crippen LogP contribution is 2.36. The molecule has 1 aromatic carbocycles. The van der Waals surface area contributed by atoms with Gasteiger partial charge >= 0.3 is 5.97 Å². The zero-order valence-corrected chi connectivity index (χ0v) is 17.9. The van der Waals surface area contributed by atoms with E-state index in [1.54, 1.807) is 6.08 Å². The first-order chi connectivity index (χ1) is 14.6. The van der Waals surface area contributed by atoms with Gasteiger partial charge in [0.05, 0.1) is 5.92 Å². The predicted molar refractivity (Wildman–Crippen MR) is 116 cm³/mol. The van der Waals surface area contributed by atoms with Crippen LogP contribution in [0.15, 0.2) is 48.3 Å². The third-order valence-electron chi connectivity index (χ3n) is 6.65. The van der Waals surface area contributed by atoms with Crippen LogP contribution in [0.3, 0.4) is 0 Å². The van der Waals surface area contributed by atoms with Gasteiger partial charge in [0.25, 0.3) is 0 Å². The van der Waals surface area contributed by atoms with Crippen molar-refractivity contribution in [2.24, 2.45) is 11.8 Å². The van der Waals surface area contributed by atoms with Gasteiger partial charge in [-0.2, -0.15) is 9.65 Å². The topological polar surface area (TPSA) is 50.1 Å². The van der Waals surface area contributed by atoms with Crippen LogP contribution in [0.4, 0.5) is 4.39 Å². The van der Waals surface area contributed by atoms with Crippen molar-refractivity contribution in [2.45, 2.75) is 76.7 Å². The van der Waals surface area contributed by atoms with Crippen molar-refractivity contribution in [3.05, 3.63) is 59.4 Å². The molecule has 1 aromatic rings. The minimum atomic E-state index is -0.781. The summed E-state index contributed by atoms with van der Waals surface area (Å²) in [5, 5.41) is 8.42. The average molecular weight is 410 g/mol. The Balaban J connectivity index is 1.39. The zero-order valence-electron chi connectivity index (χ0n) is 17.9. The summed E-state index contributed by atoms with van der Waals surface area (Å²) in [6.07, 6.45) is 13.3. The Morgan fingerprint density at radius 1 is 1.10 bits per heavy atom. The fourth-order valence-electron chi connectivity index (χ4n) is 4.68. The molecule has 2 fully saturated rings. The quantitative estimate of drug-likeness (QED) is 0.304. The Morgan fingerprint density at radius 3 is 2.37 bits per heavy atom. The molecule has 2 aliphatic rings. The summed E-state index contributed by atoms with van der Waals surface area (Å²) >= 11 is 0. The van der Waals surface area contributed by atoms with E-state index in [4.69, 9.17) is 10.00 Å². The number of esters is 1. The van der Waals surface area contributed by atoms with Gasteiger partial charge in [-0.05, 0) is 86.8 Å². The molecule has 30 heavy (non-hydrogen) atoms. The van der Waals surface area contributed by atoms with Crippen LogP contribution in [0.5, 0.6) is 0 Å². The van der Waals surface area contributed by atoms with Crippen molar-refractivity contribution in [3.8, 4) is 6.07 Å². The van der Waals surface area contributed by atoms with E-state index in [0.717, 1.165) is 57.8 Å². The lowest BCUT2D eigenvalue weighted by molar-refractivity contribution is -0.157. The maximum Gasteiger partial charge on any atom is 0.309 e. The summed E-state index contributed by atoms with van der Waals surface area (Å²) in [5.74, 6) is 0.0829. The first kappa shape index (κ1) is 22.3. The molecule has 0 unspecified atom stereocenters. The van der Waals surface area contributed by atoms with Crippen molar-refractivity contribution >= 4 is 5.97 Å². The number of nitriles is 1. The lowest BCUT2D eigenvalue weighted by Crippen LogP contribution is -2.29. The molecular formula is C26H32FNO2. The number of ether oxygens (including phenoxy) is 1. The van der Waals surface area contributed by atoms with Crippen molar-refractivity contribution in [1.29, 1.82) is 5.26 Å². The average Bonchev–Trinajstić information content (AvgIpc) is 2.80. The Morgan fingerprint density at radius 2 is 1.77 bits per heavy atom. The first-order valence-electron chi connectivity index (χ1n) is 11.3. The van der Waals surface area contributed by atoms with E-state index < -0.39 is 5.83 Å². The maximum absolute atomic E-state index is 12.8. The molecule has 0 radical (unpaired) electrons. The number of halogens is 1. The highest BCUT2D eigenvalue weighted by Gasteiger charge is 2.30. The van der Waals surface area contributed by atoms with E-state index in [1.807, 2.05) is 6.08 Å². The van der Waals surface area contributed by atoms with E-state index in [1.165, 1.54) is 23.3 Å². The fraction of sp³-hybridized carbons (Fsp3) is 0.538. The van der Waals surface area contributed by atoms with Gasteiger partial charge in [-0.3, -0.25) is 4.79 Å². The molecule has 3 rings (SSSR count). The standard InChI is InChI=1S/C26H32FNO2/c1-2-19-6-10-21(11-7-19)22-14-16-25(17-15-22)30-26(29)23-12-8-20(9-13-23)4-3-5-24(27)18-28/h3-7,10-11,20,22-23,25H,2,8-9,12-17H2,1H3/t20-,22-,23-,25-. The molecule has 0 saturated heterocycles. The first-order valence-corrected chi connectivity index (χ1v) is 11.3. The van der Waals surface area contributed by atoms with E-state index in [9.17, 15) is 9.18 Å². The minimum Gasteiger partial charge on any atom is -0.462 e. The summed E-state index contributed by atoms with van der Waals surface area (Å²) in [6.45, 7) is 2.17. The summed E-state index contributed by atoms with van der Waals surface area (Å²) in [6, 6.07) is 10.4. The van der Waals surface area contributed by atoms with E-state index in [-0.39, 0.29) is 18.0 Å². The van der Waals surface area contributed by atoms with Crippen molar-refractivity contribution in [3.63, 3.8) is 0 Å². The Labute approximate surface area is 179 Å². The third kappa shape index (κ3) is 6.29. The SMILES string of the molecule is CCc1ccc([C@H]2CC[C@H](OC(=O)[C@H]3CC[C@H](C=CC=C(F)C#N)CC3)CC2)cc1. The summed E-state index contributed by atoms with van der Waals surface area (Å²) in [5.41, 5.74) is 2.78. The highest BCUT2D eigenvalue weighted by molar-refractivity contribution is 5.72. The van der Waals surface area contributed by atoms with Crippen LogP contribution < -0.4 is 0 Å². The van der Waals surface area contributed by atoms with Gasteiger partial charge < -0.3 is 4.74 Å². The normalized spacial score (nSPS) is 27.6. The van der Waals surface area contributed by atoms with Gasteiger partial charge in [-0.1, -0.05) is 43.3 Å². The molecule has 0 bridgehead atoms. The maximum atomic E-state index is 12.8. The number of aryl methyl sites for hydroxylation is 1. The molecule has 0 heterocycles. The van der Waals surface area contributed by atoms with Gasteiger partial charge in [-0.25, -0.2) is 0 Å². The van der Waals surface area contributed by atoms with Crippen LogP contribution in [0, 0.1) is 23.2 Å². The van der Waals surface area contributed by atoms with Gasteiger partial charge in [0, 0.05) is 0 Å². The molecular weight excluding hydrogens is 377 g/mol. The molecule has 3 nitrogen and oxygen atoms in total. The second kappa shape index (κ2) is 11.1. The molecule has 4 heteroatoms. The summed E-state index contributed by atoms with van der Waals surface area (Å²) in [4.78, 5) is 12.6. The fourth-order valence-corrected chi connectivity index (χ4v) is 4.68. The lowest BCUT2D eigenvalue weighted by atomic mass is 9.81. The number of nitrogens with zero attached hydrogens (tertiary/aromatic N) is 1. The van der Waals surface area contributed by atoms with Crippen LogP contribution in [-0.2, 0) is 16.0 Å². The smallest absolute Gasteiger partial charge is 0.309 e. The third-order valence-corrected chi connectivity index (χ3v) is 6.65. The second-order valence-corrected chi connectivity index (χ2v) is 8.63. The number of rotatable bonds is 6. The number of carbonyl (C=O) groups excluding carboxylic acids is 1. The molecule has 0 aromatic heterocycles. The van der Waals surface area contributed by atoms with Crippen molar-refractivity contribution < 1.29 is 13.9 Å². The van der Waals surface area contributed by atoms with E-state index in [2.05, 4.69) is 31.2 Å². The van der Waals surface area contributed by atoms with Crippen molar-refractivity contribution in [1.82, 2.24) is 0 Å². The number of hydrogen-bond donors (Lipinski definition) is 0. The van der Waals surface area contributed by atoms with Crippen LogP contribution in [0.1, 0.15) is 75.3 Å². The van der Waals surface area contributed by atoms with Gasteiger partial charge in [-0.15, -0.1) is 0 Å². The van der Waals surface area contributed by atoms with Gasteiger partial charge in [0.15, 0.2) is 5.83 Å². The van der Waals surface area contributed by atoms with Gasteiger partial charge in [0.2, 0.25) is 0 Å². The molecule has 0 aliphatic heterocycles. The number of allylic oxidation sites excluding steroid dienone is 4. The largest absolute Gasteiger partial charge is 0.462 e. The zero-order chi connectivity index (χ0) is 21.3. The molecule has 2 saturated carbocycles. The molecule has 0 atom stereocenters. The monoisotopic (exact) mass is 409 g/mol. The van der Waals surface area contributed by atoms with Gasteiger partial charge in [0.1, 0.15) is 12.2 Å². The van der Waals surface area contributed by atoms with Crippen LogP contribution in [0.2, 0.25) is 0 Å². The Kier molecular flexibility index (Phi) is 8.25. The van der Waals surface area contributed by atoms with E-state index >= 15 is 0 Å². The Bertz CT molecular complexity index is 789. The summed E-state index contributed by atoms with van der Waals surface area (Å²) in [7, 11) is 0. The molecule has 160 valence electrons.